The average molecular weight is 346 g/mol. The molecule has 0 atom stereocenters. The Hall–Kier alpha value is -2.34. The number of carbonyl (C=O) groups is 1. The molecule has 0 saturated heterocycles. The van der Waals surface area contributed by atoms with Gasteiger partial charge in [-0.3, -0.25) is 4.79 Å². The molecular formula is C18H22N2O3S. The molecule has 0 fully saturated rings. The Morgan fingerprint density at radius 1 is 1.29 bits per heavy atom. The minimum atomic E-state index is -0.246. The van der Waals surface area contributed by atoms with Crippen LogP contribution in [0.15, 0.2) is 35.2 Å². The van der Waals surface area contributed by atoms with Gasteiger partial charge in [-0.15, -0.1) is 11.3 Å². The van der Waals surface area contributed by atoms with Crippen molar-refractivity contribution in [2.24, 2.45) is 0 Å². The number of thiazole rings is 1. The standard InChI is InChI=1S/C18H22N2O3S/c1-18(2,13-5-7-15(22-3)16(9-13)23-4)11-19-17(21)8-6-14-10-24-12-20-14/h5-10,12H,11H2,1-4H3,(H,19,21). The first-order valence-corrected chi connectivity index (χ1v) is 8.47. The molecule has 6 heteroatoms. The highest BCUT2D eigenvalue weighted by Gasteiger charge is 2.22. The van der Waals surface area contributed by atoms with Crippen LogP contribution in [-0.4, -0.2) is 31.7 Å². The van der Waals surface area contributed by atoms with E-state index in [1.165, 1.54) is 17.4 Å². The molecule has 1 amide bonds. The van der Waals surface area contributed by atoms with E-state index >= 15 is 0 Å². The summed E-state index contributed by atoms with van der Waals surface area (Å²) in [4.78, 5) is 16.1. The normalized spacial score (nSPS) is 11.5. The van der Waals surface area contributed by atoms with E-state index in [0.29, 0.717) is 18.0 Å². The van der Waals surface area contributed by atoms with Gasteiger partial charge in [-0.05, 0) is 23.8 Å². The molecular weight excluding hydrogens is 324 g/mol. The molecule has 0 spiro atoms. The molecule has 1 aromatic carbocycles. The van der Waals surface area contributed by atoms with E-state index in [2.05, 4.69) is 24.1 Å². The summed E-state index contributed by atoms with van der Waals surface area (Å²) in [7, 11) is 3.22. The summed E-state index contributed by atoms with van der Waals surface area (Å²) in [6, 6.07) is 5.80. The first kappa shape index (κ1) is 18.0. The molecule has 0 aliphatic heterocycles. The van der Waals surface area contributed by atoms with Crippen LogP contribution in [0.25, 0.3) is 6.08 Å². The molecule has 0 aliphatic rings. The van der Waals surface area contributed by atoms with Gasteiger partial charge in [-0.2, -0.15) is 0 Å². The number of hydrogen-bond donors (Lipinski definition) is 1. The Morgan fingerprint density at radius 3 is 2.67 bits per heavy atom. The van der Waals surface area contributed by atoms with Gasteiger partial charge < -0.3 is 14.8 Å². The van der Waals surface area contributed by atoms with Crippen molar-refractivity contribution in [3.8, 4) is 11.5 Å². The lowest BCUT2D eigenvalue weighted by atomic mass is 9.84. The summed E-state index contributed by atoms with van der Waals surface area (Å²) in [6.45, 7) is 4.64. The van der Waals surface area contributed by atoms with E-state index in [4.69, 9.17) is 9.47 Å². The van der Waals surface area contributed by atoms with Crippen molar-refractivity contribution in [1.82, 2.24) is 10.3 Å². The SMILES string of the molecule is COc1ccc(C(C)(C)CNC(=O)C=Cc2cscn2)cc1OC. The van der Waals surface area contributed by atoms with Crippen molar-refractivity contribution in [2.45, 2.75) is 19.3 Å². The molecule has 0 radical (unpaired) electrons. The minimum absolute atomic E-state index is 0.142. The Labute approximate surface area is 146 Å². The number of benzene rings is 1. The van der Waals surface area contributed by atoms with Gasteiger partial charge in [0.25, 0.3) is 0 Å². The van der Waals surface area contributed by atoms with Crippen LogP contribution in [0, 0.1) is 0 Å². The third kappa shape index (κ3) is 4.58. The predicted octanol–water partition coefficient (Wildman–Crippen LogP) is 3.27. The quantitative estimate of drug-likeness (QED) is 0.782. The molecule has 24 heavy (non-hydrogen) atoms. The number of ether oxygens (including phenoxy) is 2. The van der Waals surface area contributed by atoms with E-state index in [-0.39, 0.29) is 11.3 Å². The molecule has 128 valence electrons. The fourth-order valence-electron chi connectivity index (χ4n) is 2.19. The first-order valence-electron chi connectivity index (χ1n) is 7.53. The van der Waals surface area contributed by atoms with Crippen LogP contribution < -0.4 is 14.8 Å². The molecule has 0 unspecified atom stereocenters. The Kier molecular flexibility index (Phi) is 5.98. The monoisotopic (exact) mass is 346 g/mol. The van der Waals surface area contributed by atoms with Crippen molar-refractivity contribution in [1.29, 1.82) is 0 Å². The maximum absolute atomic E-state index is 12.0. The molecule has 1 N–H and O–H groups in total. The fraction of sp³-hybridized carbons (Fsp3) is 0.333. The summed E-state index contributed by atoms with van der Waals surface area (Å²) in [5.41, 5.74) is 3.33. The smallest absolute Gasteiger partial charge is 0.244 e. The van der Waals surface area contributed by atoms with Crippen molar-refractivity contribution >= 4 is 23.3 Å². The van der Waals surface area contributed by atoms with Crippen LogP contribution >= 0.6 is 11.3 Å². The molecule has 0 bridgehead atoms. The number of rotatable bonds is 7. The highest BCUT2D eigenvalue weighted by molar-refractivity contribution is 7.07. The third-order valence-electron chi connectivity index (χ3n) is 3.73. The number of carbonyl (C=O) groups excluding carboxylic acids is 1. The van der Waals surface area contributed by atoms with Gasteiger partial charge in [0.15, 0.2) is 11.5 Å². The second-order valence-electron chi connectivity index (χ2n) is 5.92. The van der Waals surface area contributed by atoms with E-state index in [9.17, 15) is 4.79 Å². The van der Waals surface area contributed by atoms with Crippen LogP contribution in [0.4, 0.5) is 0 Å². The second-order valence-corrected chi connectivity index (χ2v) is 6.64. The average Bonchev–Trinajstić information content (AvgIpc) is 3.11. The van der Waals surface area contributed by atoms with E-state index in [0.717, 1.165) is 11.3 Å². The van der Waals surface area contributed by atoms with Crippen molar-refractivity contribution in [2.75, 3.05) is 20.8 Å². The number of methoxy groups -OCH3 is 2. The number of hydrogen-bond acceptors (Lipinski definition) is 5. The molecule has 0 saturated carbocycles. The highest BCUT2D eigenvalue weighted by atomic mass is 32.1. The zero-order valence-corrected chi connectivity index (χ0v) is 15.1. The van der Waals surface area contributed by atoms with Crippen LogP contribution in [0.2, 0.25) is 0 Å². The lowest BCUT2D eigenvalue weighted by molar-refractivity contribution is -0.116. The lowest BCUT2D eigenvalue weighted by Crippen LogP contribution is -2.35. The largest absolute Gasteiger partial charge is 0.493 e. The first-order chi connectivity index (χ1) is 11.5. The maximum atomic E-state index is 12.0. The van der Waals surface area contributed by atoms with E-state index in [1.54, 1.807) is 25.8 Å². The molecule has 2 aromatic rings. The van der Waals surface area contributed by atoms with Gasteiger partial charge in [0.2, 0.25) is 5.91 Å². The van der Waals surface area contributed by atoms with Gasteiger partial charge in [-0.1, -0.05) is 19.9 Å². The topological polar surface area (TPSA) is 60.5 Å². The zero-order valence-electron chi connectivity index (χ0n) is 14.3. The van der Waals surface area contributed by atoms with E-state index < -0.39 is 0 Å². The summed E-state index contributed by atoms with van der Waals surface area (Å²) in [5.74, 6) is 1.22. The summed E-state index contributed by atoms with van der Waals surface area (Å²) in [5, 5.41) is 4.81. The molecule has 1 heterocycles. The number of amides is 1. The molecule has 1 aromatic heterocycles. The second kappa shape index (κ2) is 7.97. The van der Waals surface area contributed by atoms with Crippen LogP contribution in [0.5, 0.6) is 11.5 Å². The van der Waals surface area contributed by atoms with Crippen LogP contribution in [0.3, 0.4) is 0 Å². The fourth-order valence-corrected chi connectivity index (χ4v) is 2.71. The lowest BCUT2D eigenvalue weighted by Gasteiger charge is -2.26. The molecule has 2 rings (SSSR count). The van der Waals surface area contributed by atoms with Gasteiger partial charge in [0.1, 0.15) is 0 Å². The van der Waals surface area contributed by atoms with Crippen molar-refractivity contribution < 1.29 is 14.3 Å². The van der Waals surface area contributed by atoms with Crippen molar-refractivity contribution in [3.05, 3.63) is 46.4 Å². The molecule has 5 nitrogen and oxygen atoms in total. The summed E-state index contributed by atoms with van der Waals surface area (Å²) in [6.07, 6.45) is 3.20. The summed E-state index contributed by atoms with van der Waals surface area (Å²) >= 11 is 1.50. The minimum Gasteiger partial charge on any atom is -0.493 e. The van der Waals surface area contributed by atoms with Gasteiger partial charge in [-0.25, -0.2) is 4.98 Å². The number of aromatic nitrogens is 1. The van der Waals surface area contributed by atoms with Crippen molar-refractivity contribution in [3.63, 3.8) is 0 Å². The maximum Gasteiger partial charge on any atom is 0.244 e. The molecule has 0 aliphatic carbocycles. The van der Waals surface area contributed by atoms with Gasteiger partial charge in [0.05, 0.1) is 25.4 Å². The van der Waals surface area contributed by atoms with Gasteiger partial charge in [0, 0.05) is 23.4 Å². The van der Waals surface area contributed by atoms with Crippen LogP contribution in [0.1, 0.15) is 25.1 Å². The van der Waals surface area contributed by atoms with Gasteiger partial charge >= 0.3 is 0 Å². The number of nitrogens with one attached hydrogen (secondary N) is 1. The number of nitrogens with zero attached hydrogens (tertiary/aromatic N) is 1. The Morgan fingerprint density at radius 2 is 2.04 bits per heavy atom. The zero-order chi connectivity index (χ0) is 17.6. The third-order valence-corrected chi connectivity index (χ3v) is 4.33. The van der Waals surface area contributed by atoms with Crippen LogP contribution in [-0.2, 0) is 10.2 Å². The Bertz CT molecular complexity index is 709. The summed E-state index contributed by atoms with van der Waals surface area (Å²) < 4.78 is 10.6. The van der Waals surface area contributed by atoms with E-state index in [1.807, 2.05) is 23.6 Å². The Balaban J connectivity index is 2.01. The highest BCUT2D eigenvalue weighted by Crippen LogP contribution is 2.32. The predicted molar refractivity (Wildman–Crippen MR) is 96.7 cm³/mol.